The number of hydrogen-bond donors (Lipinski definition) is 1. The van der Waals surface area contributed by atoms with Crippen LogP contribution in [-0.4, -0.2) is 71.2 Å². The van der Waals surface area contributed by atoms with Gasteiger partial charge in [0.05, 0.1) is 0 Å². The van der Waals surface area contributed by atoms with E-state index < -0.39 is 24.0 Å². The first-order chi connectivity index (χ1) is 15.8. The van der Waals surface area contributed by atoms with Gasteiger partial charge in [-0.2, -0.15) is 0 Å². The first-order valence-corrected chi connectivity index (χ1v) is 11.3. The van der Waals surface area contributed by atoms with Crippen LogP contribution in [0.15, 0.2) is 48.5 Å². The van der Waals surface area contributed by atoms with Crippen LogP contribution in [0.2, 0.25) is 0 Å². The molecule has 8 heteroatoms. The highest BCUT2D eigenvalue weighted by Gasteiger charge is 2.45. The lowest BCUT2D eigenvalue weighted by Gasteiger charge is -2.35. The smallest absolute Gasteiger partial charge is 0.410 e. The summed E-state index contributed by atoms with van der Waals surface area (Å²) in [6.07, 6.45) is -0.946. The van der Waals surface area contributed by atoms with Crippen LogP contribution in [0.4, 0.5) is 13.6 Å². The first-order valence-electron chi connectivity index (χ1n) is 11.3. The van der Waals surface area contributed by atoms with E-state index in [1.165, 1.54) is 4.90 Å². The Hall–Kier alpha value is -3.00. The highest BCUT2D eigenvalue weighted by Crippen LogP contribution is 2.44. The number of benzene rings is 2. The summed E-state index contributed by atoms with van der Waals surface area (Å²) in [6.45, 7) is 0.667. The number of nitrogens with zero attached hydrogens (tertiary/aromatic N) is 2. The number of rotatable bonds is 4. The van der Waals surface area contributed by atoms with Gasteiger partial charge in [-0.3, -0.25) is 9.80 Å². The second-order valence-electron chi connectivity index (χ2n) is 9.09. The zero-order chi connectivity index (χ0) is 23.2. The molecule has 2 saturated heterocycles. The lowest BCUT2D eigenvalue weighted by Crippen LogP contribution is -2.46. The van der Waals surface area contributed by atoms with Gasteiger partial charge in [0.2, 0.25) is 0 Å². The van der Waals surface area contributed by atoms with Crippen molar-refractivity contribution < 1.29 is 28.2 Å². The Morgan fingerprint density at radius 3 is 2.15 bits per heavy atom. The van der Waals surface area contributed by atoms with Gasteiger partial charge in [0.15, 0.2) is 0 Å². The number of aliphatic carboxylic acids is 1. The number of carbonyl (C=O) groups excluding carboxylic acids is 1. The van der Waals surface area contributed by atoms with Crippen LogP contribution in [0, 0.1) is 0 Å². The molecule has 2 aliphatic heterocycles. The molecule has 3 aliphatic rings. The summed E-state index contributed by atoms with van der Waals surface area (Å²) in [4.78, 5) is 27.9. The molecule has 1 N–H and O–H groups in total. The second-order valence-corrected chi connectivity index (χ2v) is 9.09. The Balaban J connectivity index is 1.28. The van der Waals surface area contributed by atoms with Gasteiger partial charge in [-0.1, -0.05) is 48.5 Å². The third kappa shape index (κ3) is 4.08. The standard InChI is InChI=1S/C25H26F2N2O4/c26-25(27)9-11-28(12-10-25)16-13-22(23(30)31)29(14-16)24(32)33-15-21-19-7-3-1-5-17(19)18-6-2-4-8-20(18)21/h1-8,16,21-22H,9-15H2,(H,30,31)/t16-,22-/m0/s1. The molecule has 1 aliphatic carbocycles. The van der Waals surface area contributed by atoms with E-state index in [0.717, 1.165) is 22.3 Å². The topological polar surface area (TPSA) is 70.1 Å². The average Bonchev–Trinajstić information content (AvgIpc) is 3.38. The van der Waals surface area contributed by atoms with E-state index in [9.17, 15) is 23.5 Å². The van der Waals surface area contributed by atoms with E-state index in [1.807, 2.05) is 53.4 Å². The van der Waals surface area contributed by atoms with E-state index >= 15 is 0 Å². The van der Waals surface area contributed by atoms with Crippen molar-refractivity contribution in [3.05, 3.63) is 59.7 Å². The van der Waals surface area contributed by atoms with Crippen LogP contribution < -0.4 is 0 Å². The SMILES string of the molecule is O=C(O)[C@@H]1C[C@H](N2CCC(F)(F)CC2)CN1C(=O)OCC1c2ccccc2-c2ccccc21. The quantitative estimate of drug-likeness (QED) is 0.747. The van der Waals surface area contributed by atoms with Gasteiger partial charge in [0, 0.05) is 44.4 Å². The molecule has 174 valence electrons. The Morgan fingerprint density at radius 1 is 1.00 bits per heavy atom. The number of amides is 1. The van der Waals surface area contributed by atoms with Crippen LogP contribution in [0.25, 0.3) is 11.1 Å². The third-order valence-corrected chi connectivity index (χ3v) is 7.18. The molecule has 2 aromatic rings. The maximum Gasteiger partial charge on any atom is 0.410 e. The molecular formula is C25H26F2N2O4. The molecule has 0 spiro atoms. The molecule has 0 unspecified atom stereocenters. The van der Waals surface area contributed by atoms with Crippen LogP contribution in [0.1, 0.15) is 36.3 Å². The number of hydrogen-bond acceptors (Lipinski definition) is 4. The summed E-state index contributed by atoms with van der Waals surface area (Å²) < 4.78 is 32.7. The van der Waals surface area contributed by atoms with Crippen molar-refractivity contribution in [3.8, 4) is 11.1 Å². The summed E-state index contributed by atoms with van der Waals surface area (Å²) in [7, 11) is 0. The monoisotopic (exact) mass is 456 g/mol. The molecule has 2 aromatic carbocycles. The molecule has 0 saturated carbocycles. The fourth-order valence-electron chi connectivity index (χ4n) is 5.41. The number of ether oxygens (including phenoxy) is 1. The minimum Gasteiger partial charge on any atom is -0.480 e. The van der Waals surface area contributed by atoms with Crippen molar-refractivity contribution in [1.29, 1.82) is 0 Å². The summed E-state index contributed by atoms with van der Waals surface area (Å²) in [6, 6.07) is 14.7. The van der Waals surface area contributed by atoms with Gasteiger partial charge in [-0.25, -0.2) is 18.4 Å². The highest BCUT2D eigenvalue weighted by atomic mass is 19.3. The van der Waals surface area contributed by atoms with Gasteiger partial charge in [-0.05, 0) is 28.7 Å². The molecule has 2 fully saturated rings. The molecule has 5 rings (SSSR count). The zero-order valence-electron chi connectivity index (χ0n) is 18.1. The minimum absolute atomic E-state index is 0.107. The number of likely N-dealkylation sites (tertiary alicyclic amines) is 2. The predicted octanol–water partition coefficient (Wildman–Crippen LogP) is 4.19. The Morgan fingerprint density at radius 2 is 1.58 bits per heavy atom. The molecule has 2 heterocycles. The van der Waals surface area contributed by atoms with E-state index in [2.05, 4.69) is 0 Å². The van der Waals surface area contributed by atoms with Crippen molar-refractivity contribution in [2.75, 3.05) is 26.2 Å². The van der Waals surface area contributed by atoms with Crippen molar-refractivity contribution in [1.82, 2.24) is 9.80 Å². The van der Waals surface area contributed by atoms with Crippen LogP contribution in [-0.2, 0) is 9.53 Å². The van der Waals surface area contributed by atoms with E-state index in [4.69, 9.17) is 4.74 Å². The molecule has 33 heavy (non-hydrogen) atoms. The predicted molar refractivity (Wildman–Crippen MR) is 117 cm³/mol. The molecule has 6 nitrogen and oxygen atoms in total. The Bertz CT molecular complexity index is 1020. The number of carboxylic acid groups (broad SMARTS) is 1. The van der Waals surface area contributed by atoms with E-state index in [1.54, 1.807) is 0 Å². The summed E-state index contributed by atoms with van der Waals surface area (Å²) in [5.41, 5.74) is 4.38. The van der Waals surface area contributed by atoms with Gasteiger partial charge in [0.1, 0.15) is 12.6 Å². The summed E-state index contributed by atoms with van der Waals surface area (Å²) in [5.74, 6) is -3.89. The van der Waals surface area contributed by atoms with E-state index in [-0.39, 0.29) is 57.5 Å². The van der Waals surface area contributed by atoms with Crippen molar-refractivity contribution >= 4 is 12.1 Å². The van der Waals surface area contributed by atoms with Gasteiger partial charge in [0.25, 0.3) is 5.92 Å². The number of carbonyl (C=O) groups is 2. The number of halogens is 2. The number of piperidine rings is 1. The molecule has 0 bridgehead atoms. The first kappa shape index (κ1) is 21.8. The Kier molecular flexibility index (Phi) is 5.56. The number of alkyl halides is 2. The highest BCUT2D eigenvalue weighted by molar-refractivity contribution is 5.82. The lowest BCUT2D eigenvalue weighted by molar-refractivity contribution is -0.141. The zero-order valence-corrected chi connectivity index (χ0v) is 18.1. The summed E-state index contributed by atoms with van der Waals surface area (Å²) >= 11 is 0. The number of carboxylic acids is 1. The molecule has 1 amide bonds. The fourth-order valence-corrected chi connectivity index (χ4v) is 5.41. The van der Waals surface area contributed by atoms with Crippen LogP contribution in [0.3, 0.4) is 0 Å². The Labute approximate surface area is 190 Å². The van der Waals surface area contributed by atoms with Crippen molar-refractivity contribution in [3.63, 3.8) is 0 Å². The summed E-state index contributed by atoms with van der Waals surface area (Å²) in [5, 5.41) is 9.68. The van der Waals surface area contributed by atoms with Crippen molar-refractivity contribution in [2.24, 2.45) is 0 Å². The van der Waals surface area contributed by atoms with Gasteiger partial charge in [-0.15, -0.1) is 0 Å². The average molecular weight is 456 g/mol. The van der Waals surface area contributed by atoms with E-state index in [0.29, 0.717) is 0 Å². The lowest BCUT2D eigenvalue weighted by atomic mass is 9.98. The minimum atomic E-state index is -2.67. The maximum absolute atomic E-state index is 13.5. The largest absolute Gasteiger partial charge is 0.480 e. The number of fused-ring (bicyclic) bond motifs is 3. The molecular weight excluding hydrogens is 430 g/mol. The fraction of sp³-hybridized carbons (Fsp3) is 0.440. The van der Waals surface area contributed by atoms with Crippen LogP contribution >= 0.6 is 0 Å². The normalized spacial score (nSPS) is 24.4. The third-order valence-electron chi connectivity index (χ3n) is 7.18. The molecule has 0 aromatic heterocycles. The van der Waals surface area contributed by atoms with Gasteiger partial charge >= 0.3 is 12.1 Å². The van der Waals surface area contributed by atoms with Gasteiger partial charge < -0.3 is 9.84 Å². The molecule has 0 radical (unpaired) electrons. The second kappa shape index (κ2) is 8.41. The van der Waals surface area contributed by atoms with Crippen molar-refractivity contribution in [2.45, 2.75) is 43.2 Å². The maximum atomic E-state index is 13.5. The van der Waals surface area contributed by atoms with Crippen LogP contribution in [0.5, 0.6) is 0 Å². The molecule has 2 atom stereocenters.